The van der Waals surface area contributed by atoms with Gasteiger partial charge in [-0.1, -0.05) is 18.9 Å². The summed E-state index contributed by atoms with van der Waals surface area (Å²) in [7, 11) is 0. The van der Waals surface area contributed by atoms with E-state index in [9.17, 15) is 5.11 Å². The number of phenols is 1. The van der Waals surface area contributed by atoms with Gasteiger partial charge in [-0.2, -0.15) is 0 Å². The van der Waals surface area contributed by atoms with E-state index in [0.29, 0.717) is 18.3 Å². The second-order valence-corrected chi connectivity index (χ2v) is 4.71. The number of phenolic OH excluding ortho intramolecular Hbond substituents is 1. The lowest BCUT2D eigenvalue weighted by molar-refractivity contribution is 0.316. The van der Waals surface area contributed by atoms with Gasteiger partial charge in [0.15, 0.2) is 11.5 Å². The molecule has 3 heteroatoms. The molecule has 1 aliphatic carbocycles. The summed E-state index contributed by atoms with van der Waals surface area (Å²) in [6.07, 6.45) is 4.70. The van der Waals surface area contributed by atoms with Crippen LogP contribution >= 0.6 is 0 Å². The number of nitrogens with two attached hydrogens (primary N) is 1. The number of rotatable bonds is 3. The summed E-state index contributed by atoms with van der Waals surface area (Å²) in [6.45, 7) is 2.48. The fraction of sp³-hybridized carbons (Fsp3) is 0.571. The third-order valence-electron chi connectivity index (χ3n) is 3.53. The van der Waals surface area contributed by atoms with Gasteiger partial charge < -0.3 is 15.6 Å². The van der Waals surface area contributed by atoms with Crippen molar-refractivity contribution in [2.75, 3.05) is 6.61 Å². The van der Waals surface area contributed by atoms with Crippen LogP contribution < -0.4 is 10.5 Å². The second kappa shape index (κ2) is 5.41. The van der Waals surface area contributed by atoms with Crippen molar-refractivity contribution in [3.8, 4) is 11.5 Å². The topological polar surface area (TPSA) is 55.5 Å². The van der Waals surface area contributed by atoms with Gasteiger partial charge in [-0.15, -0.1) is 0 Å². The van der Waals surface area contributed by atoms with E-state index in [2.05, 4.69) is 0 Å². The molecule has 0 bridgehead atoms. The molecule has 0 amide bonds. The summed E-state index contributed by atoms with van der Waals surface area (Å²) in [5.41, 5.74) is 7.36. The second-order valence-electron chi connectivity index (χ2n) is 4.71. The SMILES string of the molecule is CCOc1cc(C2CCCCC2N)ccc1O. The number of ether oxygens (including phenoxy) is 1. The lowest BCUT2D eigenvalue weighted by Crippen LogP contribution is -2.31. The fourth-order valence-corrected chi connectivity index (χ4v) is 2.61. The largest absolute Gasteiger partial charge is 0.504 e. The Kier molecular flexibility index (Phi) is 3.89. The van der Waals surface area contributed by atoms with Crippen molar-refractivity contribution in [3.05, 3.63) is 23.8 Å². The van der Waals surface area contributed by atoms with Crippen molar-refractivity contribution in [1.82, 2.24) is 0 Å². The molecular formula is C14H21NO2. The highest BCUT2D eigenvalue weighted by Gasteiger charge is 2.24. The Hall–Kier alpha value is -1.22. The molecule has 0 aromatic heterocycles. The van der Waals surface area contributed by atoms with Crippen LogP contribution in [0.2, 0.25) is 0 Å². The predicted molar refractivity (Wildman–Crippen MR) is 68.5 cm³/mol. The van der Waals surface area contributed by atoms with E-state index in [-0.39, 0.29) is 11.8 Å². The Morgan fingerprint density at radius 1 is 1.35 bits per heavy atom. The Morgan fingerprint density at radius 3 is 2.82 bits per heavy atom. The first kappa shape index (κ1) is 12.2. The normalized spacial score (nSPS) is 24.6. The minimum atomic E-state index is 0.208. The van der Waals surface area contributed by atoms with Crippen LogP contribution in [-0.2, 0) is 0 Å². The average Bonchev–Trinajstić information content (AvgIpc) is 2.33. The van der Waals surface area contributed by atoms with Crippen LogP contribution in [0.5, 0.6) is 11.5 Å². The van der Waals surface area contributed by atoms with Crippen LogP contribution in [0.3, 0.4) is 0 Å². The van der Waals surface area contributed by atoms with Crippen molar-refractivity contribution in [1.29, 1.82) is 0 Å². The van der Waals surface area contributed by atoms with Crippen molar-refractivity contribution in [2.24, 2.45) is 5.73 Å². The Morgan fingerprint density at radius 2 is 2.12 bits per heavy atom. The maximum atomic E-state index is 9.67. The summed E-state index contributed by atoms with van der Waals surface area (Å²) in [4.78, 5) is 0. The Bertz CT molecular complexity index is 378. The van der Waals surface area contributed by atoms with Gasteiger partial charge in [-0.3, -0.25) is 0 Å². The molecule has 1 aromatic rings. The van der Waals surface area contributed by atoms with Gasteiger partial charge in [0.25, 0.3) is 0 Å². The van der Waals surface area contributed by atoms with E-state index in [1.807, 2.05) is 19.1 Å². The van der Waals surface area contributed by atoms with Crippen LogP contribution in [0.1, 0.15) is 44.1 Å². The smallest absolute Gasteiger partial charge is 0.161 e. The molecule has 0 saturated heterocycles. The highest BCUT2D eigenvalue weighted by Crippen LogP contribution is 2.36. The molecule has 0 radical (unpaired) electrons. The maximum Gasteiger partial charge on any atom is 0.161 e. The minimum Gasteiger partial charge on any atom is -0.504 e. The van der Waals surface area contributed by atoms with Crippen LogP contribution in [0, 0.1) is 0 Å². The Balaban J connectivity index is 2.22. The molecule has 3 nitrogen and oxygen atoms in total. The third-order valence-corrected chi connectivity index (χ3v) is 3.53. The van der Waals surface area contributed by atoms with E-state index in [1.54, 1.807) is 6.07 Å². The first-order chi connectivity index (χ1) is 8.22. The molecular weight excluding hydrogens is 214 g/mol. The zero-order chi connectivity index (χ0) is 12.3. The molecule has 3 N–H and O–H groups in total. The third kappa shape index (κ3) is 2.72. The first-order valence-corrected chi connectivity index (χ1v) is 6.43. The molecule has 1 saturated carbocycles. The summed E-state index contributed by atoms with van der Waals surface area (Å²) < 4.78 is 5.41. The van der Waals surface area contributed by atoms with Crippen LogP contribution in [0.4, 0.5) is 0 Å². The van der Waals surface area contributed by atoms with Crippen molar-refractivity contribution in [3.63, 3.8) is 0 Å². The van der Waals surface area contributed by atoms with E-state index in [4.69, 9.17) is 10.5 Å². The average molecular weight is 235 g/mol. The Labute approximate surface area is 103 Å². The molecule has 0 spiro atoms. The van der Waals surface area contributed by atoms with E-state index >= 15 is 0 Å². The molecule has 0 heterocycles. The quantitative estimate of drug-likeness (QED) is 0.847. The number of benzene rings is 1. The minimum absolute atomic E-state index is 0.208. The summed E-state index contributed by atoms with van der Waals surface area (Å²) in [6, 6.07) is 5.85. The van der Waals surface area contributed by atoms with Crippen molar-refractivity contribution < 1.29 is 9.84 Å². The lowest BCUT2D eigenvalue weighted by Gasteiger charge is -2.29. The zero-order valence-electron chi connectivity index (χ0n) is 10.4. The molecule has 17 heavy (non-hydrogen) atoms. The summed E-state index contributed by atoms with van der Waals surface area (Å²) >= 11 is 0. The zero-order valence-corrected chi connectivity index (χ0v) is 10.4. The molecule has 1 aliphatic rings. The van der Waals surface area contributed by atoms with Gasteiger partial charge in [0.05, 0.1) is 6.61 Å². The van der Waals surface area contributed by atoms with Crippen LogP contribution in [0.15, 0.2) is 18.2 Å². The van der Waals surface area contributed by atoms with Crippen LogP contribution in [-0.4, -0.2) is 17.8 Å². The first-order valence-electron chi connectivity index (χ1n) is 6.43. The number of hydrogen-bond donors (Lipinski definition) is 2. The van der Waals surface area contributed by atoms with Gasteiger partial charge in [0, 0.05) is 6.04 Å². The van der Waals surface area contributed by atoms with E-state index in [0.717, 1.165) is 12.8 Å². The standard InChI is InChI=1S/C14H21NO2/c1-2-17-14-9-10(7-8-13(14)16)11-5-3-4-6-12(11)15/h7-9,11-12,16H,2-6,15H2,1H3. The molecule has 2 atom stereocenters. The molecule has 1 fully saturated rings. The number of aromatic hydroxyl groups is 1. The number of hydrogen-bond acceptors (Lipinski definition) is 3. The maximum absolute atomic E-state index is 9.67. The van der Waals surface area contributed by atoms with Gasteiger partial charge in [0.2, 0.25) is 0 Å². The fourth-order valence-electron chi connectivity index (χ4n) is 2.61. The van der Waals surface area contributed by atoms with Gasteiger partial charge >= 0.3 is 0 Å². The van der Waals surface area contributed by atoms with Crippen molar-refractivity contribution >= 4 is 0 Å². The summed E-state index contributed by atoms with van der Waals surface area (Å²) in [5.74, 6) is 1.19. The molecule has 2 unspecified atom stereocenters. The van der Waals surface area contributed by atoms with E-state index in [1.165, 1.54) is 18.4 Å². The monoisotopic (exact) mass is 235 g/mol. The van der Waals surface area contributed by atoms with Gasteiger partial charge in [-0.25, -0.2) is 0 Å². The molecule has 94 valence electrons. The highest BCUT2D eigenvalue weighted by atomic mass is 16.5. The predicted octanol–water partition coefficient (Wildman–Crippen LogP) is 2.78. The van der Waals surface area contributed by atoms with Gasteiger partial charge in [0.1, 0.15) is 0 Å². The summed E-state index contributed by atoms with van der Waals surface area (Å²) in [5, 5.41) is 9.67. The highest BCUT2D eigenvalue weighted by molar-refractivity contribution is 5.43. The molecule has 0 aliphatic heterocycles. The lowest BCUT2D eigenvalue weighted by atomic mass is 9.80. The molecule has 2 rings (SSSR count). The van der Waals surface area contributed by atoms with Gasteiger partial charge in [-0.05, 0) is 43.4 Å². The van der Waals surface area contributed by atoms with Crippen LogP contribution in [0.25, 0.3) is 0 Å². The van der Waals surface area contributed by atoms with E-state index < -0.39 is 0 Å². The van der Waals surface area contributed by atoms with Crippen molar-refractivity contribution in [2.45, 2.75) is 44.6 Å². The molecule has 1 aromatic carbocycles.